The quantitative estimate of drug-likeness (QED) is 0.498. The van der Waals surface area contributed by atoms with Crippen molar-refractivity contribution in [3.63, 3.8) is 0 Å². The summed E-state index contributed by atoms with van der Waals surface area (Å²) in [4.78, 5) is 0. The van der Waals surface area contributed by atoms with Crippen LogP contribution in [0.2, 0.25) is 0 Å². The van der Waals surface area contributed by atoms with Gasteiger partial charge >= 0.3 is 7.99 Å². The molecule has 0 aliphatic carbocycles. The standard InChI is InChI=1S/C4H9F2O2PSi/c1-4(2)3-10-8-9(5,6)7/h3H,10H2,1-2H3. The van der Waals surface area contributed by atoms with Crippen molar-refractivity contribution in [1.29, 1.82) is 0 Å². The van der Waals surface area contributed by atoms with E-state index in [4.69, 9.17) is 0 Å². The van der Waals surface area contributed by atoms with Gasteiger partial charge in [0.15, 0.2) is 0 Å². The number of halogens is 2. The Morgan fingerprint density at radius 2 is 2.10 bits per heavy atom. The van der Waals surface area contributed by atoms with Crippen LogP contribution in [0.15, 0.2) is 11.3 Å². The normalized spacial score (nSPS) is 12.4. The molecule has 0 saturated heterocycles. The third kappa shape index (κ3) is 8.01. The molecule has 0 aliphatic rings. The van der Waals surface area contributed by atoms with Crippen molar-refractivity contribution in [2.75, 3.05) is 0 Å². The van der Waals surface area contributed by atoms with E-state index in [1.165, 1.54) is 0 Å². The highest BCUT2D eigenvalue weighted by atomic mass is 31.2. The summed E-state index contributed by atoms with van der Waals surface area (Å²) < 4.78 is 36.5. The Morgan fingerprint density at radius 3 is 2.40 bits per heavy atom. The summed E-state index contributed by atoms with van der Waals surface area (Å²) in [6.07, 6.45) is 0. The number of hydrogen-bond acceptors (Lipinski definition) is 2. The zero-order valence-corrected chi connectivity index (χ0v) is 8.11. The maximum atomic E-state index is 11.5. The lowest BCUT2D eigenvalue weighted by Crippen LogP contribution is -1.88. The van der Waals surface area contributed by atoms with Crippen molar-refractivity contribution in [3.05, 3.63) is 11.3 Å². The minimum absolute atomic E-state index is 0.917. The van der Waals surface area contributed by atoms with Gasteiger partial charge in [0, 0.05) is 0 Å². The van der Waals surface area contributed by atoms with E-state index in [-0.39, 0.29) is 0 Å². The van der Waals surface area contributed by atoms with Crippen LogP contribution in [0.4, 0.5) is 8.39 Å². The Kier molecular flexibility index (Phi) is 4.01. The first-order chi connectivity index (χ1) is 4.42. The smallest absolute Gasteiger partial charge is 0.326 e. The molecule has 0 aromatic carbocycles. The lowest BCUT2D eigenvalue weighted by atomic mass is 10.4. The van der Waals surface area contributed by atoms with Crippen LogP contribution in [0.1, 0.15) is 13.8 Å². The second kappa shape index (κ2) is 4.01. The minimum atomic E-state index is -5.20. The molecule has 0 aliphatic heterocycles. The fourth-order valence-electron chi connectivity index (χ4n) is 0.291. The molecule has 0 heterocycles. The fourth-order valence-corrected chi connectivity index (χ4v) is 1.62. The zero-order chi connectivity index (χ0) is 8.20. The summed E-state index contributed by atoms with van der Waals surface area (Å²) in [6, 6.07) is 0. The van der Waals surface area contributed by atoms with Gasteiger partial charge in [0.2, 0.25) is 9.76 Å². The van der Waals surface area contributed by atoms with E-state index in [1.807, 2.05) is 0 Å². The van der Waals surface area contributed by atoms with Gasteiger partial charge in [-0.1, -0.05) is 11.3 Å². The van der Waals surface area contributed by atoms with Gasteiger partial charge in [-0.15, -0.1) is 8.39 Å². The highest BCUT2D eigenvalue weighted by Gasteiger charge is 2.18. The molecule has 10 heavy (non-hydrogen) atoms. The van der Waals surface area contributed by atoms with E-state index in [9.17, 15) is 13.0 Å². The average molecular weight is 186 g/mol. The van der Waals surface area contributed by atoms with Crippen molar-refractivity contribution in [1.82, 2.24) is 0 Å². The van der Waals surface area contributed by atoms with Crippen LogP contribution in [-0.2, 0) is 8.78 Å². The van der Waals surface area contributed by atoms with Gasteiger partial charge in [0.1, 0.15) is 0 Å². The van der Waals surface area contributed by atoms with Gasteiger partial charge in [0.25, 0.3) is 0 Å². The monoisotopic (exact) mass is 186 g/mol. The Bertz CT molecular complexity index is 172. The highest BCUT2D eigenvalue weighted by Crippen LogP contribution is 2.49. The molecule has 0 amide bonds. The van der Waals surface area contributed by atoms with Crippen LogP contribution in [-0.4, -0.2) is 9.76 Å². The van der Waals surface area contributed by atoms with E-state index in [1.54, 1.807) is 19.5 Å². The molecule has 0 unspecified atom stereocenters. The molecule has 0 spiro atoms. The molecule has 0 aromatic heterocycles. The molecule has 6 heteroatoms. The molecular weight excluding hydrogens is 177 g/mol. The summed E-state index contributed by atoms with van der Waals surface area (Å²) in [5, 5.41) is 0. The second-order valence-electron chi connectivity index (χ2n) is 1.99. The summed E-state index contributed by atoms with van der Waals surface area (Å²) in [5.41, 5.74) is 2.49. The molecule has 0 atom stereocenters. The topological polar surface area (TPSA) is 26.3 Å². The first-order valence-corrected chi connectivity index (χ1v) is 5.49. The lowest BCUT2D eigenvalue weighted by molar-refractivity contribution is 0.395. The van der Waals surface area contributed by atoms with E-state index in [0.29, 0.717) is 0 Å². The number of hydrogen-bond donors (Lipinski definition) is 0. The highest BCUT2D eigenvalue weighted by molar-refractivity contribution is 7.48. The van der Waals surface area contributed by atoms with Crippen molar-refractivity contribution >= 4 is 17.8 Å². The minimum Gasteiger partial charge on any atom is -0.326 e. The molecule has 0 radical (unpaired) electrons. The molecule has 0 N–H and O–H groups in total. The molecular formula is C4H9F2O2PSi. The lowest BCUT2D eigenvalue weighted by Gasteiger charge is -1.95. The molecule has 0 bridgehead atoms. The van der Waals surface area contributed by atoms with Crippen LogP contribution in [0.3, 0.4) is 0 Å². The fraction of sp³-hybridized carbons (Fsp3) is 0.500. The van der Waals surface area contributed by atoms with Crippen LogP contribution in [0, 0.1) is 0 Å². The van der Waals surface area contributed by atoms with Crippen molar-refractivity contribution in [2.45, 2.75) is 13.8 Å². The van der Waals surface area contributed by atoms with Crippen LogP contribution >= 0.6 is 7.99 Å². The second-order valence-corrected chi connectivity index (χ2v) is 4.59. The molecule has 60 valence electrons. The molecule has 0 saturated carbocycles. The third-order valence-corrected chi connectivity index (χ3v) is 3.50. The summed E-state index contributed by atoms with van der Waals surface area (Å²) in [6.45, 7) is 3.55. The Labute approximate surface area is 60.9 Å². The number of rotatable bonds is 3. The van der Waals surface area contributed by atoms with Gasteiger partial charge in [0.05, 0.1) is 0 Å². The Hall–Kier alpha value is 0.00688. The number of allylic oxidation sites excluding steroid dienone is 1. The summed E-state index contributed by atoms with van der Waals surface area (Å²) >= 11 is 0. The molecule has 0 aromatic rings. The van der Waals surface area contributed by atoms with Crippen molar-refractivity contribution in [3.8, 4) is 0 Å². The predicted octanol–water partition coefficient (Wildman–Crippen LogP) is 2.06. The van der Waals surface area contributed by atoms with Crippen LogP contribution in [0.25, 0.3) is 0 Å². The van der Waals surface area contributed by atoms with Gasteiger partial charge in [-0.05, 0) is 13.8 Å². The first kappa shape index (κ1) is 10.0. The first-order valence-electron chi connectivity index (χ1n) is 2.69. The Morgan fingerprint density at radius 1 is 1.60 bits per heavy atom. The summed E-state index contributed by atoms with van der Waals surface area (Å²) in [5.74, 6) is 0. The maximum absolute atomic E-state index is 11.5. The van der Waals surface area contributed by atoms with Gasteiger partial charge in [-0.25, -0.2) is 4.57 Å². The van der Waals surface area contributed by atoms with Crippen molar-refractivity contribution in [2.24, 2.45) is 0 Å². The average Bonchev–Trinajstić information content (AvgIpc) is 1.59. The zero-order valence-electron chi connectivity index (χ0n) is 5.80. The van der Waals surface area contributed by atoms with E-state index >= 15 is 0 Å². The molecule has 0 fully saturated rings. The van der Waals surface area contributed by atoms with Crippen LogP contribution < -0.4 is 0 Å². The predicted molar refractivity (Wildman–Crippen MR) is 38.9 cm³/mol. The van der Waals surface area contributed by atoms with Gasteiger partial charge in [-0.3, -0.25) is 0 Å². The summed E-state index contributed by atoms with van der Waals surface area (Å²) in [7, 11) is -6.62. The van der Waals surface area contributed by atoms with E-state index < -0.39 is 17.8 Å². The largest absolute Gasteiger partial charge is 0.541 e. The van der Waals surface area contributed by atoms with Crippen LogP contribution in [0.5, 0.6) is 0 Å². The third-order valence-electron chi connectivity index (χ3n) is 0.716. The molecule has 0 rings (SSSR count). The van der Waals surface area contributed by atoms with Gasteiger partial charge < -0.3 is 4.21 Å². The SMILES string of the molecule is CC(C)=C[SiH2]OP(=O)(F)F. The van der Waals surface area contributed by atoms with E-state index in [2.05, 4.69) is 4.21 Å². The van der Waals surface area contributed by atoms with Crippen molar-refractivity contribution < 1.29 is 17.2 Å². The maximum Gasteiger partial charge on any atom is 0.541 e. The van der Waals surface area contributed by atoms with Gasteiger partial charge in [-0.2, -0.15) is 0 Å². The Balaban J connectivity index is 3.58. The van der Waals surface area contributed by atoms with E-state index in [0.717, 1.165) is 5.57 Å². The molecule has 2 nitrogen and oxygen atoms in total.